The van der Waals surface area contributed by atoms with Gasteiger partial charge in [-0.25, -0.2) is 4.39 Å². The Morgan fingerprint density at radius 3 is 2.73 bits per heavy atom. The molecule has 0 aromatic heterocycles. The van der Waals surface area contributed by atoms with Crippen molar-refractivity contribution in [1.82, 2.24) is 4.90 Å². The summed E-state index contributed by atoms with van der Waals surface area (Å²) < 4.78 is 14.8. The zero-order valence-electron chi connectivity index (χ0n) is 15.5. The second kappa shape index (κ2) is 5.75. The minimum absolute atomic E-state index is 0.127. The van der Waals surface area contributed by atoms with Gasteiger partial charge in [-0.05, 0) is 60.9 Å². The molecule has 3 heteroatoms. The number of aryl methyl sites for hydroxylation is 1. The van der Waals surface area contributed by atoms with Crippen LogP contribution in [-0.2, 0) is 13.0 Å². The van der Waals surface area contributed by atoms with Crippen LogP contribution in [0.5, 0.6) is 0 Å². The predicted molar refractivity (Wildman–Crippen MR) is 104 cm³/mol. The molecule has 0 radical (unpaired) electrons. The normalized spacial score (nSPS) is 25.8. The topological polar surface area (TPSA) is 15.6 Å². The fourth-order valence-electron chi connectivity index (χ4n) is 4.70. The van der Waals surface area contributed by atoms with E-state index in [2.05, 4.69) is 60.1 Å². The molecule has 26 heavy (non-hydrogen) atoms. The van der Waals surface area contributed by atoms with Gasteiger partial charge in [0.05, 0.1) is 12.6 Å². The molecule has 0 N–H and O–H groups in total. The van der Waals surface area contributed by atoms with E-state index in [0.29, 0.717) is 25.4 Å². The van der Waals surface area contributed by atoms with Crippen LogP contribution >= 0.6 is 0 Å². The second-order valence-electron chi connectivity index (χ2n) is 8.31. The van der Waals surface area contributed by atoms with Crippen molar-refractivity contribution < 1.29 is 4.39 Å². The van der Waals surface area contributed by atoms with Gasteiger partial charge >= 0.3 is 0 Å². The first-order valence-corrected chi connectivity index (χ1v) is 9.70. The molecule has 2 atom stereocenters. The third-order valence-corrected chi connectivity index (χ3v) is 6.40. The van der Waals surface area contributed by atoms with E-state index in [0.717, 1.165) is 13.0 Å². The van der Waals surface area contributed by atoms with Gasteiger partial charge in [-0.3, -0.25) is 9.89 Å². The van der Waals surface area contributed by atoms with Gasteiger partial charge in [0, 0.05) is 24.4 Å². The van der Waals surface area contributed by atoms with E-state index in [1.807, 2.05) is 6.21 Å². The summed E-state index contributed by atoms with van der Waals surface area (Å²) in [4.78, 5) is 6.90. The van der Waals surface area contributed by atoms with Gasteiger partial charge in [-0.1, -0.05) is 36.4 Å². The van der Waals surface area contributed by atoms with E-state index in [1.54, 1.807) is 0 Å². The molecule has 0 saturated heterocycles. The summed E-state index contributed by atoms with van der Waals surface area (Å²) in [5, 5.41) is 0. The molecule has 1 saturated carbocycles. The van der Waals surface area contributed by atoms with Crippen LogP contribution in [0.3, 0.4) is 0 Å². The van der Waals surface area contributed by atoms with Crippen LogP contribution in [0.1, 0.15) is 59.2 Å². The molecule has 2 nitrogen and oxygen atoms in total. The first kappa shape index (κ1) is 16.2. The average Bonchev–Trinajstić information content (AvgIpc) is 3.16. The SMILES string of the molecule is Cc1ccccc1C1c2ccc3c(c2C[C@@H](C)N1CC1(F)CC1)C=NC3. The number of benzene rings is 2. The van der Waals surface area contributed by atoms with E-state index in [1.165, 1.54) is 33.4 Å². The van der Waals surface area contributed by atoms with Gasteiger partial charge in [-0.2, -0.15) is 0 Å². The third-order valence-electron chi connectivity index (χ3n) is 6.40. The van der Waals surface area contributed by atoms with Crippen molar-refractivity contribution in [1.29, 1.82) is 0 Å². The molecule has 1 fully saturated rings. The van der Waals surface area contributed by atoms with Crippen LogP contribution < -0.4 is 0 Å². The predicted octanol–water partition coefficient (Wildman–Crippen LogP) is 4.77. The van der Waals surface area contributed by atoms with Gasteiger partial charge in [0.1, 0.15) is 5.67 Å². The number of halogens is 1. The highest BCUT2D eigenvalue weighted by Crippen LogP contribution is 2.47. The lowest BCUT2D eigenvalue weighted by Crippen LogP contribution is -2.46. The minimum Gasteiger partial charge on any atom is -0.288 e. The Kier molecular flexibility index (Phi) is 3.58. The molecule has 3 aliphatic rings. The van der Waals surface area contributed by atoms with Crippen LogP contribution in [-0.4, -0.2) is 29.4 Å². The Bertz CT molecular complexity index is 897. The number of fused-ring (bicyclic) bond motifs is 3. The van der Waals surface area contributed by atoms with Crippen molar-refractivity contribution in [3.8, 4) is 0 Å². The van der Waals surface area contributed by atoms with Gasteiger partial charge in [0.2, 0.25) is 0 Å². The number of nitrogens with zero attached hydrogens (tertiary/aromatic N) is 2. The monoisotopic (exact) mass is 348 g/mol. The highest BCUT2D eigenvalue weighted by molar-refractivity contribution is 5.87. The second-order valence-corrected chi connectivity index (χ2v) is 8.31. The van der Waals surface area contributed by atoms with Crippen LogP contribution in [0.15, 0.2) is 41.4 Å². The smallest absolute Gasteiger partial charge is 0.124 e. The highest BCUT2D eigenvalue weighted by atomic mass is 19.1. The lowest BCUT2D eigenvalue weighted by molar-refractivity contribution is 0.0979. The maximum Gasteiger partial charge on any atom is 0.124 e. The van der Waals surface area contributed by atoms with Gasteiger partial charge < -0.3 is 0 Å². The number of alkyl halides is 1. The fourth-order valence-corrected chi connectivity index (χ4v) is 4.70. The van der Waals surface area contributed by atoms with Crippen molar-refractivity contribution in [2.75, 3.05) is 6.54 Å². The number of rotatable bonds is 3. The van der Waals surface area contributed by atoms with Crippen LogP contribution in [0, 0.1) is 6.92 Å². The molecule has 1 aliphatic carbocycles. The zero-order valence-corrected chi connectivity index (χ0v) is 15.5. The highest BCUT2D eigenvalue weighted by Gasteiger charge is 2.48. The van der Waals surface area contributed by atoms with Crippen molar-refractivity contribution in [3.05, 3.63) is 69.8 Å². The minimum atomic E-state index is -0.981. The maximum atomic E-state index is 14.8. The molecule has 134 valence electrons. The Balaban J connectivity index is 1.68. The first-order chi connectivity index (χ1) is 12.6. The van der Waals surface area contributed by atoms with Gasteiger partial charge in [-0.15, -0.1) is 0 Å². The molecule has 2 aliphatic heterocycles. The molecule has 0 amide bonds. The molecule has 0 bridgehead atoms. The largest absolute Gasteiger partial charge is 0.288 e. The van der Waals surface area contributed by atoms with E-state index in [-0.39, 0.29) is 6.04 Å². The van der Waals surface area contributed by atoms with E-state index in [4.69, 9.17) is 0 Å². The Labute approximate surface area is 154 Å². The molecule has 2 aromatic rings. The van der Waals surface area contributed by atoms with E-state index in [9.17, 15) is 4.39 Å². The van der Waals surface area contributed by atoms with Crippen molar-refractivity contribution >= 4 is 6.21 Å². The lowest BCUT2D eigenvalue weighted by atomic mass is 9.80. The molecule has 2 aromatic carbocycles. The molecule has 2 heterocycles. The Hall–Kier alpha value is -2.00. The third kappa shape index (κ3) is 2.52. The lowest BCUT2D eigenvalue weighted by Gasteiger charge is -2.44. The molecule has 5 rings (SSSR count). The van der Waals surface area contributed by atoms with Crippen molar-refractivity contribution in [3.63, 3.8) is 0 Å². The van der Waals surface area contributed by atoms with Gasteiger partial charge in [0.25, 0.3) is 0 Å². The van der Waals surface area contributed by atoms with E-state index >= 15 is 0 Å². The summed E-state index contributed by atoms with van der Waals surface area (Å²) in [6, 6.07) is 13.5. The number of hydrogen-bond acceptors (Lipinski definition) is 2. The van der Waals surface area contributed by atoms with Crippen LogP contribution in [0.2, 0.25) is 0 Å². The maximum absolute atomic E-state index is 14.8. The summed E-state index contributed by atoms with van der Waals surface area (Å²) in [5.41, 5.74) is 7.01. The van der Waals surface area contributed by atoms with Gasteiger partial charge in [0.15, 0.2) is 0 Å². The van der Waals surface area contributed by atoms with Crippen molar-refractivity contribution in [2.24, 2.45) is 4.99 Å². The Morgan fingerprint density at radius 2 is 1.96 bits per heavy atom. The zero-order chi connectivity index (χ0) is 17.9. The van der Waals surface area contributed by atoms with Crippen LogP contribution in [0.25, 0.3) is 0 Å². The molecule has 1 unspecified atom stereocenters. The summed E-state index contributed by atoms with van der Waals surface area (Å²) in [5.74, 6) is 0. The average molecular weight is 348 g/mol. The summed E-state index contributed by atoms with van der Waals surface area (Å²) in [6.07, 6.45) is 4.44. The standard InChI is InChI=1S/C23H25FN2/c1-15-5-3-4-6-18(15)22-19-8-7-17-12-25-13-21(17)20(19)11-16(2)26(22)14-23(24)9-10-23/h3-8,13,16,22H,9-12,14H2,1-2H3/t16-,22?/m1/s1. The Morgan fingerprint density at radius 1 is 1.15 bits per heavy atom. The molecule has 0 spiro atoms. The number of aliphatic imine (C=N–C) groups is 1. The summed E-state index contributed by atoms with van der Waals surface area (Å²) in [7, 11) is 0. The molecular weight excluding hydrogens is 323 g/mol. The van der Waals surface area contributed by atoms with Crippen LogP contribution in [0.4, 0.5) is 4.39 Å². The first-order valence-electron chi connectivity index (χ1n) is 9.70. The summed E-state index contributed by atoms with van der Waals surface area (Å²) in [6.45, 7) is 5.76. The summed E-state index contributed by atoms with van der Waals surface area (Å²) >= 11 is 0. The number of hydrogen-bond donors (Lipinski definition) is 0. The quantitative estimate of drug-likeness (QED) is 0.780. The molecular formula is C23H25FN2. The fraction of sp³-hybridized carbons (Fsp3) is 0.435. The van der Waals surface area contributed by atoms with E-state index < -0.39 is 5.67 Å². The van der Waals surface area contributed by atoms with Crippen molar-refractivity contribution in [2.45, 2.75) is 57.4 Å².